The van der Waals surface area contributed by atoms with Crippen LogP contribution in [0.2, 0.25) is 0 Å². The number of anilines is 2. The van der Waals surface area contributed by atoms with Gasteiger partial charge >= 0.3 is 0 Å². The molecule has 2 aliphatic rings. The number of fused-ring (bicyclic) bond motifs is 1. The first kappa shape index (κ1) is 23.4. The fourth-order valence-electron chi connectivity index (χ4n) is 4.40. The first-order valence-corrected chi connectivity index (χ1v) is 12.5. The standard InChI is InChI=1S/C24H28FN3O4S/c1-16-7-8-17(13-20(16)25)26-22(29)15-28-21-10-9-18(14-19(21)24(2,3)23(28)30)33(31,32)27-11-5-4-6-12-27/h7-10,13-14H,4-6,11-12,15H2,1-3H3,(H,26,29). The number of sulfonamides is 1. The van der Waals surface area contributed by atoms with Gasteiger partial charge < -0.3 is 10.2 Å². The molecule has 2 aromatic rings. The van der Waals surface area contributed by atoms with Crippen molar-refractivity contribution in [2.45, 2.75) is 50.3 Å². The minimum absolute atomic E-state index is 0.158. The predicted molar refractivity (Wildman–Crippen MR) is 124 cm³/mol. The van der Waals surface area contributed by atoms with Crippen molar-refractivity contribution in [2.24, 2.45) is 0 Å². The molecular formula is C24H28FN3O4S. The predicted octanol–water partition coefficient (Wildman–Crippen LogP) is 3.57. The van der Waals surface area contributed by atoms with Crippen molar-refractivity contribution in [1.82, 2.24) is 4.31 Å². The highest BCUT2D eigenvalue weighted by Gasteiger charge is 2.45. The normalized spacial score (nSPS) is 18.3. The second kappa shape index (κ2) is 8.53. The molecule has 2 aromatic carbocycles. The number of hydrogen-bond acceptors (Lipinski definition) is 4. The molecule has 0 bridgehead atoms. The van der Waals surface area contributed by atoms with Gasteiger partial charge in [0, 0.05) is 24.5 Å². The van der Waals surface area contributed by atoms with Crippen LogP contribution in [0.4, 0.5) is 15.8 Å². The Kier molecular flexibility index (Phi) is 6.05. The number of carbonyl (C=O) groups excluding carboxylic acids is 2. The van der Waals surface area contributed by atoms with E-state index in [-0.39, 0.29) is 17.3 Å². The smallest absolute Gasteiger partial charge is 0.244 e. The van der Waals surface area contributed by atoms with Crippen LogP contribution in [0, 0.1) is 12.7 Å². The molecule has 1 N–H and O–H groups in total. The Balaban J connectivity index is 1.59. The Morgan fingerprint density at radius 1 is 1.09 bits per heavy atom. The zero-order chi connectivity index (χ0) is 24.0. The third-order valence-corrected chi connectivity index (χ3v) is 8.32. The molecular weight excluding hydrogens is 445 g/mol. The minimum atomic E-state index is -3.65. The van der Waals surface area contributed by atoms with Gasteiger partial charge in [0.1, 0.15) is 12.4 Å². The summed E-state index contributed by atoms with van der Waals surface area (Å²) in [7, 11) is -3.65. The van der Waals surface area contributed by atoms with E-state index < -0.39 is 27.2 Å². The summed E-state index contributed by atoms with van der Waals surface area (Å²) in [6.45, 7) is 5.80. The number of benzene rings is 2. The summed E-state index contributed by atoms with van der Waals surface area (Å²) in [5.41, 5.74) is 0.859. The van der Waals surface area contributed by atoms with Crippen LogP contribution in [0.15, 0.2) is 41.3 Å². The molecule has 0 aromatic heterocycles. The van der Waals surface area contributed by atoms with Crippen LogP contribution in [0.3, 0.4) is 0 Å². The van der Waals surface area contributed by atoms with E-state index in [1.54, 1.807) is 45.0 Å². The highest BCUT2D eigenvalue weighted by Crippen LogP contribution is 2.42. The number of rotatable bonds is 5. The number of nitrogens with zero attached hydrogens (tertiary/aromatic N) is 2. The van der Waals surface area contributed by atoms with Crippen LogP contribution < -0.4 is 10.2 Å². The molecule has 2 amide bonds. The molecule has 0 spiro atoms. The van der Waals surface area contributed by atoms with Crippen molar-refractivity contribution in [3.05, 3.63) is 53.3 Å². The third-order valence-electron chi connectivity index (χ3n) is 6.42. The Bertz CT molecular complexity index is 1220. The molecule has 0 radical (unpaired) electrons. The Hall–Kier alpha value is -2.78. The number of nitrogens with one attached hydrogen (secondary N) is 1. The first-order chi connectivity index (χ1) is 15.5. The minimum Gasteiger partial charge on any atom is -0.324 e. The summed E-state index contributed by atoms with van der Waals surface area (Å²) in [6, 6.07) is 9.04. The van der Waals surface area contributed by atoms with Gasteiger partial charge in [-0.1, -0.05) is 12.5 Å². The largest absolute Gasteiger partial charge is 0.324 e. The summed E-state index contributed by atoms with van der Waals surface area (Å²) in [5.74, 6) is -1.20. The van der Waals surface area contributed by atoms with Crippen molar-refractivity contribution in [3.8, 4) is 0 Å². The summed E-state index contributed by atoms with van der Waals surface area (Å²) >= 11 is 0. The summed E-state index contributed by atoms with van der Waals surface area (Å²) in [6.07, 6.45) is 2.69. The zero-order valence-electron chi connectivity index (χ0n) is 19.0. The molecule has 1 fully saturated rings. The van der Waals surface area contributed by atoms with E-state index in [0.29, 0.717) is 35.6 Å². The molecule has 4 rings (SSSR count). The molecule has 7 nitrogen and oxygen atoms in total. The van der Waals surface area contributed by atoms with Gasteiger partial charge in [0.15, 0.2) is 0 Å². The lowest BCUT2D eigenvalue weighted by Gasteiger charge is -2.26. The van der Waals surface area contributed by atoms with Crippen molar-refractivity contribution < 1.29 is 22.4 Å². The lowest BCUT2D eigenvalue weighted by Crippen LogP contribution is -2.40. The number of carbonyl (C=O) groups is 2. The van der Waals surface area contributed by atoms with E-state index >= 15 is 0 Å². The van der Waals surface area contributed by atoms with E-state index in [2.05, 4.69) is 5.32 Å². The van der Waals surface area contributed by atoms with E-state index in [1.807, 2.05) is 0 Å². The molecule has 33 heavy (non-hydrogen) atoms. The second-order valence-electron chi connectivity index (χ2n) is 9.17. The maximum absolute atomic E-state index is 13.8. The van der Waals surface area contributed by atoms with Crippen LogP contribution in [0.25, 0.3) is 0 Å². The van der Waals surface area contributed by atoms with Gasteiger partial charge in [-0.3, -0.25) is 9.59 Å². The average molecular weight is 474 g/mol. The summed E-state index contributed by atoms with van der Waals surface area (Å²) in [5, 5.41) is 2.62. The maximum Gasteiger partial charge on any atom is 0.244 e. The van der Waals surface area contributed by atoms with E-state index in [4.69, 9.17) is 0 Å². The molecule has 0 saturated carbocycles. The average Bonchev–Trinajstić information content (AvgIpc) is 2.97. The molecule has 2 aliphatic heterocycles. The molecule has 1 saturated heterocycles. The molecule has 0 aliphatic carbocycles. The fourth-order valence-corrected chi connectivity index (χ4v) is 5.94. The molecule has 0 unspecified atom stereocenters. The zero-order valence-corrected chi connectivity index (χ0v) is 19.8. The Labute approximate surface area is 193 Å². The van der Waals surface area contributed by atoms with Crippen LogP contribution >= 0.6 is 0 Å². The number of halogens is 1. The fraction of sp³-hybridized carbons (Fsp3) is 0.417. The number of amides is 2. The lowest BCUT2D eigenvalue weighted by molar-refractivity contribution is -0.124. The van der Waals surface area contributed by atoms with Gasteiger partial charge in [0.2, 0.25) is 21.8 Å². The number of piperidine rings is 1. The van der Waals surface area contributed by atoms with Crippen molar-refractivity contribution in [3.63, 3.8) is 0 Å². The second-order valence-corrected chi connectivity index (χ2v) is 11.1. The molecule has 9 heteroatoms. The van der Waals surface area contributed by atoms with Gasteiger partial charge in [-0.05, 0) is 75.1 Å². The monoisotopic (exact) mass is 473 g/mol. The van der Waals surface area contributed by atoms with Gasteiger partial charge in [-0.25, -0.2) is 12.8 Å². The summed E-state index contributed by atoms with van der Waals surface area (Å²) < 4.78 is 41.5. The molecule has 0 atom stereocenters. The van der Waals surface area contributed by atoms with Gasteiger partial charge in [0.25, 0.3) is 0 Å². The number of aryl methyl sites for hydroxylation is 1. The van der Waals surface area contributed by atoms with Crippen LogP contribution in [0.1, 0.15) is 44.2 Å². The first-order valence-electron chi connectivity index (χ1n) is 11.0. The SMILES string of the molecule is Cc1ccc(NC(=O)CN2C(=O)C(C)(C)c3cc(S(=O)(=O)N4CCCCC4)ccc32)cc1F. The summed E-state index contributed by atoms with van der Waals surface area (Å²) in [4.78, 5) is 27.3. The highest BCUT2D eigenvalue weighted by molar-refractivity contribution is 7.89. The lowest BCUT2D eigenvalue weighted by atomic mass is 9.86. The van der Waals surface area contributed by atoms with Crippen LogP contribution in [-0.4, -0.2) is 44.2 Å². The maximum atomic E-state index is 13.8. The number of hydrogen-bond donors (Lipinski definition) is 1. The van der Waals surface area contributed by atoms with Crippen molar-refractivity contribution >= 4 is 33.2 Å². The van der Waals surface area contributed by atoms with E-state index in [9.17, 15) is 22.4 Å². The Morgan fingerprint density at radius 3 is 2.45 bits per heavy atom. The quantitative estimate of drug-likeness (QED) is 0.719. The third kappa shape index (κ3) is 4.27. The van der Waals surface area contributed by atoms with Crippen molar-refractivity contribution in [1.29, 1.82) is 0 Å². The van der Waals surface area contributed by atoms with Crippen LogP contribution in [0.5, 0.6) is 0 Å². The van der Waals surface area contributed by atoms with E-state index in [1.165, 1.54) is 21.3 Å². The topological polar surface area (TPSA) is 86.8 Å². The van der Waals surface area contributed by atoms with Gasteiger partial charge in [0.05, 0.1) is 10.3 Å². The van der Waals surface area contributed by atoms with E-state index in [0.717, 1.165) is 19.3 Å². The van der Waals surface area contributed by atoms with Gasteiger partial charge in [-0.15, -0.1) is 0 Å². The van der Waals surface area contributed by atoms with Crippen molar-refractivity contribution in [2.75, 3.05) is 29.9 Å². The van der Waals surface area contributed by atoms with Gasteiger partial charge in [-0.2, -0.15) is 4.31 Å². The molecule has 2 heterocycles. The molecule has 176 valence electrons. The highest BCUT2D eigenvalue weighted by atomic mass is 32.2. The Morgan fingerprint density at radius 2 is 1.79 bits per heavy atom. The van der Waals surface area contributed by atoms with Crippen LogP contribution in [-0.2, 0) is 25.0 Å².